The fourth-order valence-electron chi connectivity index (χ4n) is 3.40. The highest BCUT2D eigenvalue weighted by Crippen LogP contribution is 2.35. The van der Waals surface area contributed by atoms with Gasteiger partial charge < -0.3 is 10.0 Å². The van der Waals surface area contributed by atoms with Crippen LogP contribution in [0.25, 0.3) is 0 Å². The number of aryl methyl sites for hydroxylation is 2. The number of aromatic carboxylic acids is 1. The van der Waals surface area contributed by atoms with Crippen molar-refractivity contribution < 1.29 is 9.90 Å². The van der Waals surface area contributed by atoms with E-state index in [4.69, 9.17) is 0 Å². The molecule has 21 heavy (non-hydrogen) atoms. The predicted octanol–water partition coefficient (Wildman–Crippen LogP) is 3.89. The summed E-state index contributed by atoms with van der Waals surface area (Å²) in [7, 11) is 0. The van der Waals surface area contributed by atoms with Crippen LogP contribution in [0, 0.1) is 5.92 Å². The van der Waals surface area contributed by atoms with Gasteiger partial charge in [-0.3, -0.25) is 0 Å². The molecular weight excluding hydrogens is 262 g/mol. The summed E-state index contributed by atoms with van der Waals surface area (Å²) in [5.41, 5.74) is 4.09. The summed E-state index contributed by atoms with van der Waals surface area (Å²) in [5.74, 6) is -0.00972. The van der Waals surface area contributed by atoms with E-state index in [-0.39, 0.29) is 0 Å². The lowest BCUT2D eigenvalue weighted by molar-refractivity contribution is 0.0697. The molecule has 0 saturated heterocycles. The maximum absolute atomic E-state index is 11.7. The zero-order valence-electron chi connectivity index (χ0n) is 12.9. The molecule has 1 fully saturated rings. The van der Waals surface area contributed by atoms with Gasteiger partial charge in [0.1, 0.15) is 0 Å². The number of anilines is 1. The van der Waals surface area contributed by atoms with Gasteiger partial charge in [-0.05, 0) is 74.1 Å². The quantitative estimate of drug-likeness (QED) is 0.863. The average Bonchev–Trinajstić information content (AvgIpc) is 3.29. The van der Waals surface area contributed by atoms with Crippen molar-refractivity contribution in [3.8, 4) is 0 Å². The molecule has 0 spiro atoms. The fraction of sp³-hybridized carbons (Fsp3) is 0.611. The zero-order valence-corrected chi connectivity index (χ0v) is 12.9. The van der Waals surface area contributed by atoms with Gasteiger partial charge in [-0.25, -0.2) is 4.79 Å². The maximum atomic E-state index is 11.7. The molecule has 0 bridgehead atoms. The second kappa shape index (κ2) is 6.08. The third-order valence-electron chi connectivity index (χ3n) is 4.70. The zero-order chi connectivity index (χ0) is 14.8. The molecule has 1 aromatic carbocycles. The fourth-order valence-corrected chi connectivity index (χ4v) is 3.40. The van der Waals surface area contributed by atoms with Crippen molar-refractivity contribution in [2.75, 3.05) is 18.0 Å². The number of benzene rings is 1. The normalized spacial score (nSPS) is 17.4. The number of rotatable bonds is 6. The maximum Gasteiger partial charge on any atom is 0.337 e. The lowest BCUT2D eigenvalue weighted by atomic mass is 9.89. The molecule has 1 saturated carbocycles. The topological polar surface area (TPSA) is 40.5 Å². The first-order valence-corrected chi connectivity index (χ1v) is 8.33. The van der Waals surface area contributed by atoms with Crippen LogP contribution in [0.1, 0.15) is 60.5 Å². The standard InChI is InChI=1S/C18H25NO2/c1-2-9-19(12-13-7-8-13)17-11-15-6-4-3-5-14(15)10-16(17)18(20)21/h10-11,13H,2-9,12H2,1H3,(H,20,21). The van der Waals surface area contributed by atoms with Crippen LogP contribution in [0.15, 0.2) is 12.1 Å². The van der Waals surface area contributed by atoms with E-state index in [1.807, 2.05) is 6.07 Å². The molecule has 0 unspecified atom stereocenters. The molecule has 3 nitrogen and oxygen atoms in total. The number of fused-ring (bicyclic) bond motifs is 1. The Hall–Kier alpha value is -1.51. The molecule has 0 aliphatic heterocycles. The van der Waals surface area contributed by atoms with Gasteiger partial charge in [0.15, 0.2) is 0 Å². The van der Waals surface area contributed by atoms with Gasteiger partial charge in [0, 0.05) is 13.1 Å². The number of carbonyl (C=O) groups is 1. The minimum atomic E-state index is -0.782. The van der Waals surface area contributed by atoms with Gasteiger partial charge in [0.25, 0.3) is 0 Å². The van der Waals surface area contributed by atoms with Crippen LogP contribution in [-0.2, 0) is 12.8 Å². The molecule has 0 radical (unpaired) electrons. The van der Waals surface area contributed by atoms with Crippen molar-refractivity contribution in [2.24, 2.45) is 5.92 Å². The van der Waals surface area contributed by atoms with Crippen LogP contribution in [0.3, 0.4) is 0 Å². The second-order valence-corrected chi connectivity index (χ2v) is 6.54. The Morgan fingerprint density at radius 3 is 2.48 bits per heavy atom. The van der Waals surface area contributed by atoms with Crippen molar-refractivity contribution in [1.29, 1.82) is 0 Å². The second-order valence-electron chi connectivity index (χ2n) is 6.54. The number of nitrogens with zero attached hydrogens (tertiary/aromatic N) is 1. The van der Waals surface area contributed by atoms with Crippen LogP contribution >= 0.6 is 0 Å². The predicted molar refractivity (Wildman–Crippen MR) is 85.3 cm³/mol. The number of hydrogen-bond donors (Lipinski definition) is 1. The van der Waals surface area contributed by atoms with Gasteiger partial charge in [-0.1, -0.05) is 6.92 Å². The summed E-state index contributed by atoms with van der Waals surface area (Å²) < 4.78 is 0. The summed E-state index contributed by atoms with van der Waals surface area (Å²) in [6, 6.07) is 4.12. The SMILES string of the molecule is CCCN(CC1CC1)c1cc2c(cc1C(=O)O)CCCC2. The molecule has 0 amide bonds. The molecule has 2 aliphatic rings. The Morgan fingerprint density at radius 2 is 1.90 bits per heavy atom. The molecule has 2 aliphatic carbocycles. The van der Waals surface area contributed by atoms with Crippen molar-refractivity contribution in [1.82, 2.24) is 0 Å². The Morgan fingerprint density at radius 1 is 1.24 bits per heavy atom. The van der Waals surface area contributed by atoms with Crippen LogP contribution in [0.5, 0.6) is 0 Å². The Bertz CT molecular complexity index is 534. The van der Waals surface area contributed by atoms with E-state index in [1.165, 1.54) is 36.8 Å². The Balaban J connectivity index is 1.98. The monoisotopic (exact) mass is 287 g/mol. The van der Waals surface area contributed by atoms with Crippen LogP contribution in [-0.4, -0.2) is 24.2 Å². The summed E-state index contributed by atoms with van der Waals surface area (Å²) in [4.78, 5) is 14.0. The first kappa shape index (κ1) is 14.4. The Labute approximate surface area is 127 Å². The van der Waals surface area contributed by atoms with Crippen molar-refractivity contribution in [3.63, 3.8) is 0 Å². The molecule has 114 valence electrons. The van der Waals surface area contributed by atoms with Crippen LogP contribution < -0.4 is 4.90 Å². The van der Waals surface area contributed by atoms with Gasteiger partial charge in [-0.2, -0.15) is 0 Å². The molecular formula is C18H25NO2. The molecule has 3 rings (SSSR count). The summed E-state index contributed by atoms with van der Waals surface area (Å²) in [6.45, 7) is 4.14. The third kappa shape index (κ3) is 3.22. The lowest BCUT2D eigenvalue weighted by Crippen LogP contribution is -2.28. The van der Waals surface area contributed by atoms with Crippen molar-refractivity contribution in [3.05, 3.63) is 28.8 Å². The van der Waals surface area contributed by atoms with Gasteiger partial charge in [0.05, 0.1) is 11.3 Å². The highest BCUT2D eigenvalue weighted by molar-refractivity contribution is 5.95. The average molecular weight is 287 g/mol. The molecule has 1 aromatic rings. The van der Waals surface area contributed by atoms with E-state index >= 15 is 0 Å². The van der Waals surface area contributed by atoms with E-state index in [2.05, 4.69) is 17.9 Å². The molecule has 3 heteroatoms. The smallest absolute Gasteiger partial charge is 0.337 e. The minimum Gasteiger partial charge on any atom is -0.478 e. The molecule has 0 heterocycles. The van der Waals surface area contributed by atoms with Crippen LogP contribution in [0.4, 0.5) is 5.69 Å². The van der Waals surface area contributed by atoms with E-state index in [9.17, 15) is 9.90 Å². The summed E-state index contributed by atoms with van der Waals surface area (Å²) >= 11 is 0. The number of carboxylic acids is 1. The summed E-state index contributed by atoms with van der Waals surface area (Å²) in [5, 5.41) is 9.61. The van der Waals surface area contributed by atoms with E-state index < -0.39 is 5.97 Å². The van der Waals surface area contributed by atoms with Crippen molar-refractivity contribution in [2.45, 2.75) is 51.9 Å². The van der Waals surface area contributed by atoms with Gasteiger partial charge in [0.2, 0.25) is 0 Å². The van der Waals surface area contributed by atoms with E-state index in [0.717, 1.165) is 44.0 Å². The number of carboxylic acid groups (broad SMARTS) is 1. The lowest BCUT2D eigenvalue weighted by Gasteiger charge is -2.28. The highest BCUT2D eigenvalue weighted by Gasteiger charge is 2.27. The van der Waals surface area contributed by atoms with Crippen molar-refractivity contribution >= 4 is 11.7 Å². The first-order chi connectivity index (χ1) is 10.2. The first-order valence-electron chi connectivity index (χ1n) is 8.33. The summed E-state index contributed by atoms with van der Waals surface area (Å²) in [6.07, 6.45) is 8.21. The minimum absolute atomic E-state index is 0.504. The third-order valence-corrected chi connectivity index (χ3v) is 4.70. The number of hydrogen-bond acceptors (Lipinski definition) is 2. The molecule has 0 atom stereocenters. The van der Waals surface area contributed by atoms with Crippen LogP contribution in [0.2, 0.25) is 0 Å². The van der Waals surface area contributed by atoms with E-state index in [0.29, 0.717) is 5.56 Å². The van der Waals surface area contributed by atoms with Gasteiger partial charge in [-0.15, -0.1) is 0 Å². The highest BCUT2D eigenvalue weighted by atomic mass is 16.4. The molecule has 0 aromatic heterocycles. The van der Waals surface area contributed by atoms with Gasteiger partial charge >= 0.3 is 5.97 Å². The molecule has 1 N–H and O–H groups in total. The largest absolute Gasteiger partial charge is 0.478 e. The van der Waals surface area contributed by atoms with E-state index in [1.54, 1.807) is 0 Å². The Kier molecular flexibility index (Phi) is 4.18.